The molecule has 0 fully saturated rings. The third-order valence-corrected chi connectivity index (χ3v) is 2.38. The summed E-state index contributed by atoms with van der Waals surface area (Å²) in [6, 6.07) is 11.1. The maximum absolute atomic E-state index is 10.7. The Balaban J connectivity index is 1.80. The van der Waals surface area contributed by atoms with E-state index in [9.17, 15) is 4.79 Å². The lowest BCUT2D eigenvalue weighted by Crippen LogP contribution is -2.04. The molecule has 5 nitrogen and oxygen atoms in total. The number of pyridine rings is 1. The first kappa shape index (κ1) is 13.0. The maximum Gasteiger partial charge on any atom is 0.337 e. The van der Waals surface area contributed by atoms with Crippen molar-refractivity contribution in [3.05, 3.63) is 59.9 Å². The number of carboxylic acid groups (broad SMARTS) is 1. The van der Waals surface area contributed by atoms with Gasteiger partial charge < -0.3 is 14.6 Å². The molecular formula is C14H13NO4. The Morgan fingerprint density at radius 1 is 1.21 bits per heavy atom. The van der Waals surface area contributed by atoms with Gasteiger partial charge in [-0.3, -0.25) is 4.98 Å². The zero-order valence-electron chi connectivity index (χ0n) is 10.2. The monoisotopic (exact) mass is 259 g/mol. The predicted molar refractivity (Wildman–Crippen MR) is 67.9 cm³/mol. The van der Waals surface area contributed by atoms with E-state index in [0.717, 1.165) is 5.56 Å². The van der Waals surface area contributed by atoms with E-state index in [-0.39, 0.29) is 12.4 Å². The molecule has 2 rings (SSSR count). The number of nitrogens with zero attached hydrogens (tertiary/aromatic N) is 1. The van der Waals surface area contributed by atoms with Crippen molar-refractivity contribution in [1.29, 1.82) is 0 Å². The van der Waals surface area contributed by atoms with Crippen molar-refractivity contribution in [1.82, 2.24) is 4.98 Å². The molecule has 0 radical (unpaired) electrons. The third kappa shape index (κ3) is 4.08. The summed E-state index contributed by atoms with van der Waals surface area (Å²) in [7, 11) is 0. The van der Waals surface area contributed by atoms with Crippen LogP contribution in [-0.2, 0) is 11.3 Å². The molecule has 0 unspecified atom stereocenters. The molecule has 19 heavy (non-hydrogen) atoms. The summed E-state index contributed by atoms with van der Waals surface area (Å²) in [5, 5.41) is 8.80. The molecule has 1 N–H and O–H groups in total. The Morgan fingerprint density at radius 3 is 2.74 bits per heavy atom. The largest absolute Gasteiger partial charge is 0.478 e. The molecule has 1 heterocycles. The fourth-order valence-corrected chi connectivity index (χ4v) is 1.46. The van der Waals surface area contributed by atoms with Crippen molar-refractivity contribution in [3.8, 4) is 5.75 Å². The number of hydrogen-bond acceptors (Lipinski definition) is 4. The molecule has 0 spiro atoms. The first-order chi connectivity index (χ1) is 9.25. The topological polar surface area (TPSA) is 68.7 Å². The van der Waals surface area contributed by atoms with Crippen LogP contribution in [-0.4, -0.2) is 22.9 Å². The van der Waals surface area contributed by atoms with Gasteiger partial charge in [0.05, 0.1) is 18.4 Å². The van der Waals surface area contributed by atoms with Crippen LogP contribution in [0.1, 0.15) is 15.9 Å². The Bertz CT molecular complexity index is 542. The van der Waals surface area contributed by atoms with E-state index in [1.807, 2.05) is 30.3 Å². The summed E-state index contributed by atoms with van der Waals surface area (Å²) < 4.78 is 10.6. The van der Waals surface area contributed by atoms with E-state index in [1.54, 1.807) is 0 Å². The number of hydrogen-bond donors (Lipinski definition) is 1. The molecule has 2 aromatic rings. The number of aromatic nitrogens is 1. The van der Waals surface area contributed by atoms with Gasteiger partial charge in [-0.1, -0.05) is 30.3 Å². The quantitative estimate of drug-likeness (QED) is 0.637. The summed E-state index contributed by atoms with van der Waals surface area (Å²) in [5.41, 5.74) is 1.13. The predicted octanol–water partition coefficient (Wildman–Crippen LogP) is 2.33. The lowest BCUT2D eigenvalue weighted by molar-refractivity contribution is 0.00476. The van der Waals surface area contributed by atoms with Crippen molar-refractivity contribution in [2.75, 3.05) is 6.79 Å². The summed E-state index contributed by atoms with van der Waals surface area (Å²) in [5.74, 6) is -0.670. The molecule has 0 amide bonds. The average molecular weight is 259 g/mol. The normalized spacial score (nSPS) is 10.1. The highest BCUT2D eigenvalue weighted by Gasteiger charge is 2.04. The van der Waals surface area contributed by atoms with Crippen LogP contribution in [0.3, 0.4) is 0 Å². The second-order valence-corrected chi connectivity index (χ2v) is 3.81. The van der Waals surface area contributed by atoms with Crippen LogP contribution in [0, 0.1) is 0 Å². The van der Waals surface area contributed by atoms with Gasteiger partial charge in [0.15, 0.2) is 6.79 Å². The fraction of sp³-hybridized carbons (Fsp3) is 0.143. The SMILES string of the molecule is O=C(O)c1cncc(OCOCc2ccccc2)c1. The Kier molecular flexibility index (Phi) is 4.47. The minimum Gasteiger partial charge on any atom is -0.478 e. The number of rotatable bonds is 6. The molecule has 0 bridgehead atoms. The molecule has 0 saturated carbocycles. The zero-order chi connectivity index (χ0) is 13.5. The molecule has 0 aliphatic heterocycles. The highest BCUT2D eigenvalue weighted by Crippen LogP contribution is 2.11. The van der Waals surface area contributed by atoms with Crippen molar-refractivity contribution in [2.45, 2.75) is 6.61 Å². The highest BCUT2D eigenvalue weighted by molar-refractivity contribution is 5.87. The Hall–Kier alpha value is -2.40. The van der Waals surface area contributed by atoms with Crippen LogP contribution in [0.4, 0.5) is 0 Å². The summed E-state index contributed by atoms with van der Waals surface area (Å²) in [6.45, 7) is 0.479. The fourth-order valence-electron chi connectivity index (χ4n) is 1.46. The smallest absolute Gasteiger partial charge is 0.337 e. The van der Waals surface area contributed by atoms with Crippen LogP contribution < -0.4 is 4.74 Å². The molecule has 0 aliphatic rings. The molecule has 0 saturated heterocycles. The van der Waals surface area contributed by atoms with Crippen molar-refractivity contribution >= 4 is 5.97 Å². The summed E-state index contributed by atoms with van der Waals surface area (Å²) in [6.07, 6.45) is 2.71. The maximum atomic E-state index is 10.7. The van der Waals surface area contributed by atoms with Gasteiger partial charge in [0.2, 0.25) is 0 Å². The second-order valence-electron chi connectivity index (χ2n) is 3.81. The third-order valence-electron chi connectivity index (χ3n) is 2.38. The van der Waals surface area contributed by atoms with Crippen LogP contribution in [0.25, 0.3) is 0 Å². The lowest BCUT2D eigenvalue weighted by atomic mass is 10.2. The lowest BCUT2D eigenvalue weighted by Gasteiger charge is -2.07. The zero-order valence-corrected chi connectivity index (χ0v) is 10.2. The number of carbonyl (C=O) groups is 1. The van der Waals surface area contributed by atoms with E-state index < -0.39 is 5.97 Å². The van der Waals surface area contributed by atoms with Gasteiger partial charge in [-0.25, -0.2) is 4.79 Å². The van der Waals surface area contributed by atoms with Crippen LogP contribution in [0.2, 0.25) is 0 Å². The number of ether oxygens (including phenoxy) is 2. The average Bonchev–Trinajstić information content (AvgIpc) is 2.45. The minimum atomic E-state index is -1.04. The van der Waals surface area contributed by atoms with Gasteiger partial charge in [-0.2, -0.15) is 0 Å². The van der Waals surface area contributed by atoms with E-state index in [0.29, 0.717) is 12.4 Å². The molecular weight excluding hydrogens is 246 g/mol. The van der Waals surface area contributed by atoms with Crippen molar-refractivity contribution in [3.63, 3.8) is 0 Å². The first-order valence-electron chi connectivity index (χ1n) is 5.68. The van der Waals surface area contributed by atoms with Gasteiger partial charge in [0.25, 0.3) is 0 Å². The van der Waals surface area contributed by atoms with Crippen LogP contribution in [0.5, 0.6) is 5.75 Å². The van der Waals surface area contributed by atoms with E-state index in [1.165, 1.54) is 18.5 Å². The van der Waals surface area contributed by atoms with Crippen molar-refractivity contribution < 1.29 is 19.4 Å². The molecule has 5 heteroatoms. The van der Waals surface area contributed by atoms with E-state index >= 15 is 0 Å². The molecule has 98 valence electrons. The summed E-state index contributed by atoms with van der Waals surface area (Å²) >= 11 is 0. The molecule has 1 aromatic heterocycles. The number of benzene rings is 1. The van der Waals surface area contributed by atoms with Gasteiger partial charge in [-0.05, 0) is 11.6 Å². The first-order valence-corrected chi connectivity index (χ1v) is 5.68. The van der Waals surface area contributed by atoms with E-state index in [4.69, 9.17) is 14.6 Å². The van der Waals surface area contributed by atoms with Gasteiger partial charge in [0.1, 0.15) is 5.75 Å². The second kappa shape index (κ2) is 6.51. The Labute approximate surface area is 110 Å². The Morgan fingerprint density at radius 2 is 2.00 bits per heavy atom. The standard InChI is InChI=1S/C14H13NO4/c16-14(17)12-6-13(8-15-7-12)19-10-18-9-11-4-2-1-3-5-11/h1-8H,9-10H2,(H,16,17). The summed E-state index contributed by atoms with van der Waals surface area (Å²) in [4.78, 5) is 14.5. The van der Waals surface area contributed by atoms with Crippen LogP contribution >= 0.6 is 0 Å². The van der Waals surface area contributed by atoms with Crippen LogP contribution in [0.15, 0.2) is 48.8 Å². The highest BCUT2D eigenvalue weighted by atomic mass is 16.7. The minimum absolute atomic E-state index is 0.0413. The van der Waals surface area contributed by atoms with Crippen molar-refractivity contribution in [2.24, 2.45) is 0 Å². The number of aromatic carboxylic acids is 1. The van der Waals surface area contributed by atoms with Gasteiger partial charge >= 0.3 is 5.97 Å². The van der Waals surface area contributed by atoms with Gasteiger partial charge in [0, 0.05) is 6.20 Å². The molecule has 0 atom stereocenters. The molecule has 0 aliphatic carbocycles. The molecule has 1 aromatic carbocycles. The van der Waals surface area contributed by atoms with Gasteiger partial charge in [-0.15, -0.1) is 0 Å². The number of carboxylic acids is 1. The van der Waals surface area contributed by atoms with E-state index in [2.05, 4.69) is 4.98 Å².